The standard InChI is InChI=1S/C22H40N4O3S.C4H8F3N.C4H6O2.C4H10O.C3H7N/c1-22(2,3)18(14-25(4)30-5)23-21(29)24-19(16-10-7-6-8-11-16)20(28)26-13-9-12-17(26)15-27;5-4(6,7)2-1-3-8;1-2-4(6)3-5;1-4(2,3)5;1-2-3-4/h15-19H,6-14H2,1-5H3,(H2,23,24,29);1-3,8H2;3H,2H2,1H3;5H,1-3H3;2H,1,3-4H2. The summed E-state index contributed by atoms with van der Waals surface area (Å²) in [5.74, 6) is -0.304. The number of nitrogens with zero attached hydrogens (tertiary/aromatic N) is 2. The fourth-order valence-corrected chi connectivity index (χ4v) is 5.13. The van der Waals surface area contributed by atoms with Gasteiger partial charge in [0, 0.05) is 38.5 Å². The first-order valence-electron chi connectivity index (χ1n) is 18.3. The van der Waals surface area contributed by atoms with Gasteiger partial charge in [0.1, 0.15) is 12.3 Å². The summed E-state index contributed by atoms with van der Waals surface area (Å²) in [6, 6.07) is -1.28. The van der Waals surface area contributed by atoms with Gasteiger partial charge < -0.3 is 36.9 Å². The molecule has 7 N–H and O–H groups in total. The second kappa shape index (κ2) is 29.8. The lowest BCUT2D eigenvalue weighted by Gasteiger charge is -2.36. The number of ketones is 1. The number of urea groups is 1. The molecule has 12 nitrogen and oxygen atoms in total. The number of carbonyl (C=O) groups is 5. The first kappa shape index (κ1) is 54.8. The topological polar surface area (TPSA) is 188 Å². The van der Waals surface area contributed by atoms with Gasteiger partial charge in [-0.3, -0.25) is 18.7 Å². The predicted molar refractivity (Wildman–Crippen MR) is 209 cm³/mol. The van der Waals surface area contributed by atoms with E-state index in [9.17, 15) is 37.1 Å². The van der Waals surface area contributed by atoms with Gasteiger partial charge in [-0.2, -0.15) is 13.2 Å². The Hall–Kier alpha value is -2.53. The Morgan fingerprint density at radius 2 is 1.53 bits per heavy atom. The van der Waals surface area contributed by atoms with Crippen LogP contribution in [0.3, 0.4) is 0 Å². The van der Waals surface area contributed by atoms with E-state index in [2.05, 4.69) is 42.3 Å². The number of halogens is 3. The Kier molecular flexibility index (Phi) is 30.8. The normalized spacial score (nSPS) is 17.1. The van der Waals surface area contributed by atoms with Gasteiger partial charge in [0.25, 0.3) is 0 Å². The first-order chi connectivity index (χ1) is 24.5. The average Bonchev–Trinajstić information content (AvgIpc) is 3.57. The highest BCUT2D eigenvalue weighted by Crippen LogP contribution is 2.29. The fraction of sp³-hybridized carbons (Fsp3) is 0.811. The molecule has 312 valence electrons. The van der Waals surface area contributed by atoms with E-state index in [-0.39, 0.29) is 54.1 Å². The van der Waals surface area contributed by atoms with Crippen LogP contribution in [-0.2, 0) is 19.2 Å². The quantitative estimate of drug-likeness (QED) is 0.0700. The van der Waals surface area contributed by atoms with E-state index in [4.69, 9.17) is 16.6 Å². The molecule has 0 aromatic rings. The molecule has 3 unspecified atom stereocenters. The molecule has 2 fully saturated rings. The van der Waals surface area contributed by atoms with E-state index in [1.165, 1.54) is 6.42 Å². The van der Waals surface area contributed by atoms with E-state index in [1.807, 2.05) is 13.3 Å². The number of nitrogens with two attached hydrogens (primary N) is 2. The largest absolute Gasteiger partial charge is 0.391 e. The van der Waals surface area contributed by atoms with E-state index < -0.39 is 24.2 Å². The highest BCUT2D eigenvalue weighted by Gasteiger charge is 2.39. The SMILES string of the molecule is C=CCN.CC(C)(C)O.CCC(=O)C=O.CSN(C)CC(NC(=O)NC(C(=O)N1CCCC1C=O)C1CCCCC1)C(C)(C)C.NCCCC(F)(F)F. The summed E-state index contributed by atoms with van der Waals surface area (Å²) in [4.78, 5) is 58.7. The number of Topliss-reactive ketones (excluding diaryl/α,β-unsaturated/α-hetero) is 1. The van der Waals surface area contributed by atoms with Gasteiger partial charge >= 0.3 is 12.2 Å². The molecule has 2 aliphatic rings. The molecule has 1 heterocycles. The van der Waals surface area contributed by atoms with E-state index in [1.54, 1.807) is 50.6 Å². The monoisotopic (exact) mass is 785 g/mol. The lowest BCUT2D eigenvalue weighted by molar-refractivity contribution is -0.138. The van der Waals surface area contributed by atoms with Crippen molar-refractivity contribution < 1.29 is 42.3 Å². The number of likely N-dealkylation sites (N-methyl/N-ethyl adjacent to an activating group) is 1. The maximum absolute atomic E-state index is 13.4. The molecule has 0 radical (unpaired) electrons. The second-order valence-electron chi connectivity index (χ2n) is 14.9. The van der Waals surface area contributed by atoms with E-state index in [0.29, 0.717) is 38.8 Å². The Balaban J connectivity index is -0.000000877. The molecule has 3 atom stereocenters. The van der Waals surface area contributed by atoms with Gasteiger partial charge in [-0.15, -0.1) is 6.58 Å². The minimum absolute atomic E-state index is 0.0312. The second-order valence-corrected chi connectivity index (χ2v) is 15.9. The van der Waals surface area contributed by atoms with Crippen LogP contribution in [-0.4, -0.2) is 114 Å². The molecule has 1 saturated carbocycles. The highest BCUT2D eigenvalue weighted by molar-refractivity contribution is 7.96. The lowest BCUT2D eigenvalue weighted by Crippen LogP contribution is -2.59. The van der Waals surface area contributed by atoms with Crippen molar-refractivity contribution in [2.75, 3.05) is 39.5 Å². The van der Waals surface area contributed by atoms with Crippen LogP contribution in [0.1, 0.15) is 113 Å². The summed E-state index contributed by atoms with van der Waals surface area (Å²) in [6.45, 7) is 18.5. The van der Waals surface area contributed by atoms with Crippen molar-refractivity contribution in [3.8, 4) is 0 Å². The Morgan fingerprint density at radius 1 is 1.00 bits per heavy atom. The smallest absolute Gasteiger partial charge is 0.389 e. The summed E-state index contributed by atoms with van der Waals surface area (Å²) >= 11 is 1.63. The van der Waals surface area contributed by atoms with Gasteiger partial charge in [0.15, 0.2) is 12.1 Å². The molecule has 2 rings (SSSR count). The number of alkyl halides is 3. The number of nitrogens with one attached hydrogen (secondary N) is 2. The number of hydrogen-bond donors (Lipinski definition) is 5. The number of aliphatic hydroxyl groups is 1. The van der Waals surface area contributed by atoms with Crippen molar-refractivity contribution in [2.24, 2.45) is 22.8 Å². The molecule has 1 saturated heterocycles. The predicted octanol–water partition coefficient (Wildman–Crippen LogP) is 5.41. The van der Waals surface area contributed by atoms with Crippen molar-refractivity contribution in [1.82, 2.24) is 19.8 Å². The Bertz CT molecular complexity index is 1030. The summed E-state index contributed by atoms with van der Waals surface area (Å²) in [6.07, 6.45) is 7.21. The van der Waals surface area contributed by atoms with Crippen LogP contribution in [0, 0.1) is 11.3 Å². The van der Waals surface area contributed by atoms with Crippen molar-refractivity contribution in [1.29, 1.82) is 0 Å². The van der Waals surface area contributed by atoms with Crippen LogP contribution in [0.5, 0.6) is 0 Å². The van der Waals surface area contributed by atoms with Gasteiger partial charge in [-0.05, 0) is 84.1 Å². The minimum Gasteiger partial charge on any atom is -0.391 e. The number of aldehydes is 2. The molecule has 1 aliphatic heterocycles. The third kappa shape index (κ3) is 31.5. The van der Waals surface area contributed by atoms with E-state index >= 15 is 0 Å². The molecule has 0 spiro atoms. The Morgan fingerprint density at radius 3 is 1.87 bits per heavy atom. The molecule has 0 aromatic carbocycles. The van der Waals surface area contributed by atoms with Gasteiger partial charge in [-0.1, -0.05) is 65.0 Å². The van der Waals surface area contributed by atoms with Gasteiger partial charge in [0.2, 0.25) is 5.91 Å². The number of likely N-dealkylation sites (tertiary alicyclic amines) is 1. The fourth-order valence-electron chi connectivity index (χ4n) is 4.83. The zero-order valence-corrected chi connectivity index (χ0v) is 34.5. The zero-order chi connectivity index (χ0) is 41.8. The summed E-state index contributed by atoms with van der Waals surface area (Å²) < 4.78 is 35.7. The molecular weight excluding hydrogens is 714 g/mol. The van der Waals surface area contributed by atoms with Crippen LogP contribution >= 0.6 is 11.9 Å². The third-order valence-corrected chi connectivity index (χ3v) is 8.60. The maximum atomic E-state index is 13.4. The number of carbonyl (C=O) groups excluding carboxylic acids is 5. The first-order valence-corrected chi connectivity index (χ1v) is 19.5. The lowest BCUT2D eigenvalue weighted by atomic mass is 9.83. The zero-order valence-electron chi connectivity index (χ0n) is 33.7. The summed E-state index contributed by atoms with van der Waals surface area (Å²) in [5.41, 5.74) is 9.12. The van der Waals surface area contributed by atoms with Crippen LogP contribution < -0.4 is 22.1 Å². The minimum atomic E-state index is -4.03. The molecule has 16 heteroatoms. The van der Waals surface area contributed by atoms with Crippen molar-refractivity contribution in [2.45, 2.75) is 143 Å². The molecule has 53 heavy (non-hydrogen) atoms. The number of hydrogen-bond acceptors (Lipinski definition) is 10. The summed E-state index contributed by atoms with van der Waals surface area (Å²) in [5, 5.41) is 14.7. The maximum Gasteiger partial charge on any atom is 0.389 e. The number of rotatable bonds is 13. The highest BCUT2D eigenvalue weighted by atomic mass is 32.2. The summed E-state index contributed by atoms with van der Waals surface area (Å²) in [7, 11) is 2.00. The average molecular weight is 785 g/mol. The molecule has 3 amide bonds. The van der Waals surface area contributed by atoms with Crippen molar-refractivity contribution in [3.63, 3.8) is 0 Å². The number of amides is 3. The van der Waals surface area contributed by atoms with Crippen molar-refractivity contribution >= 4 is 42.2 Å². The van der Waals surface area contributed by atoms with Gasteiger partial charge in [-0.25, -0.2) is 4.79 Å². The van der Waals surface area contributed by atoms with Crippen LogP contribution in [0.15, 0.2) is 12.7 Å². The molecule has 1 aliphatic carbocycles. The third-order valence-electron chi connectivity index (χ3n) is 7.83. The van der Waals surface area contributed by atoms with Gasteiger partial charge in [0.05, 0.1) is 11.6 Å². The van der Waals surface area contributed by atoms with Crippen LogP contribution in [0.4, 0.5) is 18.0 Å². The van der Waals surface area contributed by atoms with E-state index in [0.717, 1.165) is 38.4 Å². The van der Waals surface area contributed by atoms with Crippen LogP contribution in [0.25, 0.3) is 0 Å². The van der Waals surface area contributed by atoms with Crippen molar-refractivity contribution in [3.05, 3.63) is 12.7 Å². The van der Waals surface area contributed by atoms with Crippen LogP contribution in [0.2, 0.25) is 0 Å². The molecule has 0 aromatic heterocycles. The Labute approximate surface area is 321 Å². The molecule has 0 bridgehead atoms. The molecular formula is C37H71F3N6O6S.